The number of carbonyl (C=O) groups is 2. The highest BCUT2D eigenvalue weighted by Gasteiger charge is 2.31. The first-order chi connectivity index (χ1) is 21.5. The van der Waals surface area contributed by atoms with E-state index in [4.69, 9.17) is 4.74 Å². The molecule has 0 aromatic heterocycles. The van der Waals surface area contributed by atoms with E-state index in [1.165, 1.54) is 42.6 Å². The number of aliphatic imine (C=N–C) groups is 1. The normalized spacial score (nSPS) is 15.7. The summed E-state index contributed by atoms with van der Waals surface area (Å²) in [6.07, 6.45) is -5.64. The van der Waals surface area contributed by atoms with E-state index >= 15 is 4.39 Å². The SMILES string of the molecule is CCNC(NC(=O)NCC(F)c1ccc(C2N=CN(c3ccc(OC(F)(F)F)cc3)N2)cc1)N(C=O)c1ccc(OC)cc1C. The first-order valence-electron chi connectivity index (χ1n) is 13.9. The molecule has 0 spiro atoms. The van der Waals surface area contributed by atoms with Crippen LogP contribution in [0.5, 0.6) is 11.5 Å². The van der Waals surface area contributed by atoms with E-state index in [9.17, 15) is 22.8 Å². The maximum absolute atomic E-state index is 15.1. The molecule has 4 N–H and O–H groups in total. The van der Waals surface area contributed by atoms with Crippen LogP contribution in [0.15, 0.2) is 71.7 Å². The molecule has 0 radical (unpaired) electrons. The van der Waals surface area contributed by atoms with E-state index in [0.717, 1.165) is 5.56 Å². The largest absolute Gasteiger partial charge is 0.573 e. The van der Waals surface area contributed by atoms with Crippen LogP contribution in [0.2, 0.25) is 0 Å². The molecule has 3 atom stereocenters. The Labute approximate surface area is 257 Å². The number of amides is 3. The molecule has 3 unspecified atom stereocenters. The summed E-state index contributed by atoms with van der Waals surface area (Å²) in [4.78, 5) is 30.4. The fourth-order valence-corrected chi connectivity index (χ4v) is 4.52. The van der Waals surface area contributed by atoms with Crippen molar-refractivity contribution in [2.75, 3.05) is 30.1 Å². The molecule has 45 heavy (non-hydrogen) atoms. The van der Waals surface area contributed by atoms with Gasteiger partial charge in [-0.2, -0.15) is 5.43 Å². The van der Waals surface area contributed by atoms with Crippen LogP contribution in [0.1, 0.15) is 36.0 Å². The third-order valence-electron chi connectivity index (χ3n) is 6.74. The maximum atomic E-state index is 15.1. The number of methoxy groups -OCH3 is 1. The van der Waals surface area contributed by atoms with Gasteiger partial charge in [0.15, 0.2) is 6.29 Å². The van der Waals surface area contributed by atoms with Crippen LogP contribution in [0.3, 0.4) is 0 Å². The Bertz CT molecular complexity index is 1470. The third-order valence-corrected chi connectivity index (χ3v) is 6.74. The van der Waals surface area contributed by atoms with Crippen molar-refractivity contribution in [1.82, 2.24) is 21.4 Å². The number of hydrogen-bond donors (Lipinski definition) is 4. The molecule has 0 saturated carbocycles. The molecule has 3 amide bonds. The zero-order chi connectivity index (χ0) is 32.6. The number of alkyl halides is 4. The van der Waals surface area contributed by atoms with Gasteiger partial charge in [0.05, 0.1) is 19.3 Å². The van der Waals surface area contributed by atoms with Crippen molar-refractivity contribution in [3.63, 3.8) is 0 Å². The van der Waals surface area contributed by atoms with Crippen LogP contribution in [0.4, 0.5) is 33.7 Å². The van der Waals surface area contributed by atoms with E-state index in [1.807, 2.05) is 6.92 Å². The smallest absolute Gasteiger partial charge is 0.497 e. The zero-order valence-corrected chi connectivity index (χ0v) is 24.6. The number of benzene rings is 3. The van der Waals surface area contributed by atoms with Crippen LogP contribution in [0, 0.1) is 6.92 Å². The first-order valence-corrected chi connectivity index (χ1v) is 13.9. The number of nitrogens with one attached hydrogen (secondary N) is 4. The third kappa shape index (κ3) is 8.83. The van der Waals surface area contributed by atoms with Crippen molar-refractivity contribution in [3.05, 3.63) is 83.4 Å². The Morgan fingerprint density at radius 2 is 1.80 bits per heavy atom. The summed E-state index contributed by atoms with van der Waals surface area (Å²) in [6, 6.07) is 16.3. The topological polar surface area (TPSA) is 120 Å². The van der Waals surface area contributed by atoms with Crippen molar-refractivity contribution < 1.29 is 36.6 Å². The van der Waals surface area contributed by atoms with Gasteiger partial charge in [-0.05, 0) is 72.6 Å². The van der Waals surface area contributed by atoms with Crippen molar-refractivity contribution in [1.29, 1.82) is 0 Å². The molecule has 3 aromatic rings. The number of aryl methyl sites for hydroxylation is 1. The quantitative estimate of drug-likeness (QED) is 0.121. The second-order valence-electron chi connectivity index (χ2n) is 9.82. The summed E-state index contributed by atoms with van der Waals surface area (Å²) in [6.45, 7) is 3.73. The van der Waals surface area contributed by atoms with Gasteiger partial charge >= 0.3 is 12.4 Å². The number of carbonyl (C=O) groups excluding carboxylic acids is 2. The standard InChI is InChI=1S/C30H33F4N7O4/c1-4-35-28(40(18-42)26-14-13-24(44-3)15-19(26)2)38-29(43)36-16-25(31)20-5-7-21(8-6-20)27-37-17-41(39-27)22-9-11-23(12-10-22)45-30(32,33)34/h5-15,17-18,25,27-28,35,39H,4,16H2,1-3H3,(H2,36,38,43). The van der Waals surface area contributed by atoms with E-state index in [0.29, 0.717) is 41.2 Å². The Hall–Kier alpha value is -4.89. The lowest BCUT2D eigenvalue weighted by atomic mass is 10.1. The molecule has 1 aliphatic heterocycles. The minimum absolute atomic E-state index is 0.324. The number of urea groups is 1. The van der Waals surface area contributed by atoms with Crippen LogP contribution < -0.4 is 40.8 Å². The molecule has 1 heterocycles. The lowest BCUT2D eigenvalue weighted by Gasteiger charge is -2.30. The van der Waals surface area contributed by atoms with Gasteiger partial charge in [-0.25, -0.2) is 14.2 Å². The monoisotopic (exact) mass is 631 g/mol. The van der Waals surface area contributed by atoms with E-state index in [-0.39, 0.29) is 12.3 Å². The van der Waals surface area contributed by atoms with Crippen molar-refractivity contribution in [2.45, 2.75) is 38.8 Å². The molecular weight excluding hydrogens is 598 g/mol. The Balaban J connectivity index is 1.30. The summed E-state index contributed by atoms with van der Waals surface area (Å²) in [7, 11) is 1.54. The second kappa shape index (κ2) is 14.7. The number of anilines is 2. The highest BCUT2D eigenvalue weighted by atomic mass is 19.4. The maximum Gasteiger partial charge on any atom is 0.573 e. The van der Waals surface area contributed by atoms with Crippen LogP contribution >= 0.6 is 0 Å². The van der Waals surface area contributed by atoms with E-state index in [1.54, 1.807) is 54.4 Å². The predicted molar refractivity (Wildman–Crippen MR) is 161 cm³/mol. The fourth-order valence-electron chi connectivity index (χ4n) is 4.52. The molecule has 1 aliphatic rings. The van der Waals surface area contributed by atoms with Gasteiger partial charge in [0, 0.05) is 5.69 Å². The molecule has 0 aliphatic carbocycles. The van der Waals surface area contributed by atoms with Crippen molar-refractivity contribution in [2.24, 2.45) is 4.99 Å². The van der Waals surface area contributed by atoms with Gasteiger partial charge in [-0.1, -0.05) is 31.2 Å². The number of nitrogens with zero attached hydrogens (tertiary/aromatic N) is 3. The molecule has 0 fully saturated rings. The minimum atomic E-state index is -4.78. The highest BCUT2D eigenvalue weighted by molar-refractivity contribution is 5.81. The van der Waals surface area contributed by atoms with Crippen LogP contribution in [-0.2, 0) is 4.79 Å². The average molecular weight is 632 g/mol. The van der Waals surface area contributed by atoms with E-state index in [2.05, 4.69) is 31.1 Å². The number of hydrazine groups is 1. The van der Waals surface area contributed by atoms with Gasteiger partial charge in [0.25, 0.3) is 0 Å². The van der Waals surface area contributed by atoms with Crippen molar-refractivity contribution in [3.8, 4) is 11.5 Å². The van der Waals surface area contributed by atoms with Gasteiger partial charge < -0.3 is 20.1 Å². The van der Waals surface area contributed by atoms with Crippen molar-refractivity contribution >= 4 is 30.2 Å². The predicted octanol–water partition coefficient (Wildman–Crippen LogP) is 4.82. The Morgan fingerprint density at radius 1 is 1.11 bits per heavy atom. The minimum Gasteiger partial charge on any atom is -0.497 e. The molecule has 11 nitrogen and oxygen atoms in total. The molecule has 3 aromatic carbocycles. The van der Waals surface area contributed by atoms with E-state index < -0.39 is 31.0 Å². The molecule has 4 rings (SSSR count). The van der Waals surface area contributed by atoms with Gasteiger partial charge in [-0.3, -0.25) is 20.0 Å². The average Bonchev–Trinajstić information content (AvgIpc) is 3.51. The highest BCUT2D eigenvalue weighted by Crippen LogP contribution is 2.28. The summed E-state index contributed by atoms with van der Waals surface area (Å²) in [5.41, 5.74) is 5.96. The molecule has 15 heteroatoms. The number of halogens is 4. The summed E-state index contributed by atoms with van der Waals surface area (Å²) in [5.74, 6) is 0.280. The van der Waals surface area contributed by atoms with Crippen LogP contribution in [-0.4, -0.2) is 51.6 Å². The van der Waals surface area contributed by atoms with Crippen LogP contribution in [0.25, 0.3) is 0 Å². The lowest BCUT2D eigenvalue weighted by Crippen LogP contribution is -2.58. The molecule has 0 bridgehead atoms. The lowest BCUT2D eigenvalue weighted by molar-refractivity contribution is -0.274. The zero-order valence-electron chi connectivity index (χ0n) is 24.6. The number of rotatable bonds is 13. The number of ether oxygens (including phenoxy) is 2. The summed E-state index contributed by atoms with van der Waals surface area (Å²) >= 11 is 0. The fraction of sp³-hybridized carbons (Fsp3) is 0.300. The number of hydrogen-bond acceptors (Lipinski definition) is 8. The molecule has 0 saturated heterocycles. The summed E-state index contributed by atoms with van der Waals surface area (Å²) in [5, 5.41) is 9.72. The molecular formula is C30H33F4N7O4. The Kier molecular flexibility index (Phi) is 10.8. The van der Waals surface area contributed by atoms with Gasteiger partial charge in [0.1, 0.15) is 30.2 Å². The second-order valence-corrected chi connectivity index (χ2v) is 9.82. The Morgan fingerprint density at radius 3 is 2.40 bits per heavy atom. The summed E-state index contributed by atoms with van der Waals surface area (Å²) < 4.78 is 61.4. The first kappa shape index (κ1) is 33.0. The molecule has 240 valence electrons. The van der Waals surface area contributed by atoms with Gasteiger partial charge in [0.2, 0.25) is 6.41 Å². The van der Waals surface area contributed by atoms with Gasteiger partial charge in [-0.15, -0.1) is 13.2 Å².